The highest BCUT2D eigenvalue weighted by Gasteiger charge is 2.51. The zero-order valence-corrected chi connectivity index (χ0v) is 18.5. The van der Waals surface area contributed by atoms with Gasteiger partial charge in [0.15, 0.2) is 0 Å². The molecule has 0 aromatic carbocycles. The third-order valence-electron chi connectivity index (χ3n) is 5.73. The number of hydrogen-bond acceptors (Lipinski definition) is 0. The second kappa shape index (κ2) is 10.6. The highest BCUT2D eigenvalue weighted by Crippen LogP contribution is 2.61. The first kappa shape index (κ1) is 25.0. The average molecular weight is 325 g/mol. The highest BCUT2D eigenvalue weighted by atomic mass is 14.6. The summed E-state index contributed by atoms with van der Waals surface area (Å²) >= 11 is 0. The quantitative estimate of drug-likeness (QED) is 0.392. The molecular formula is C23H48. The Balaban J connectivity index is 0. The van der Waals surface area contributed by atoms with Crippen LogP contribution < -0.4 is 0 Å². The number of hydrogen-bond donors (Lipinski definition) is 0. The predicted molar refractivity (Wildman–Crippen MR) is 110 cm³/mol. The van der Waals surface area contributed by atoms with Crippen molar-refractivity contribution in [1.82, 2.24) is 0 Å². The lowest BCUT2D eigenvalue weighted by atomic mass is 9.48. The monoisotopic (exact) mass is 324 g/mol. The zero-order chi connectivity index (χ0) is 18.9. The van der Waals surface area contributed by atoms with Gasteiger partial charge in [-0.05, 0) is 67.1 Å². The van der Waals surface area contributed by atoms with Crippen LogP contribution in [0.1, 0.15) is 108 Å². The van der Waals surface area contributed by atoms with Gasteiger partial charge in [-0.15, -0.1) is 6.58 Å². The van der Waals surface area contributed by atoms with Crippen molar-refractivity contribution in [3.05, 3.63) is 12.7 Å². The molecular weight excluding hydrogens is 276 g/mol. The Hall–Kier alpha value is -0.260. The molecule has 23 heavy (non-hydrogen) atoms. The first-order valence-corrected chi connectivity index (χ1v) is 10.1. The number of allylic oxidation sites excluding steroid dienone is 1. The number of rotatable bonds is 0. The molecule has 0 aromatic rings. The molecule has 2 bridgehead atoms. The van der Waals surface area contributed by atoms with Crippen LogP contribution in [-0.2, 0) is 0 Å². The summed E-state index contributed by atoms with van der Waals surface area (Å²) in [6, 6.07) is 0. The molecule has 0 amide bonds. The molecule has 2 saturated carbocycles. The van der Waals surface area contributed by atoms with Gasteiger partial charge in [0.05, 0.1) is 0 Å². The molecule has 140 valence electrons. The van der Waals surface area contributed by atoms with E-state index in [0.717, 1.165) is 11.8 Å². The van der Waals surface area contributed by atoms with Crippen molar-refractivity contribution in [3.63, 3.8) is 0 Å². The van der Waals surface area contributed by atoms with Gasteiger partial charge in [-0.2, -0.15) is 0 Å². The fraction of sp³-hybridized carbons (Fsp3) is 0.913. The van der Waals surface area contributed by atoms with E-state index < -0.39 is 0 Å². The average Bonchev–Trinajstić information content (AvgIpc) is 2.40. The summed E-state index contributed by atoms with van der Waals surface area (Å²) in [6.45, 7) is 28.2. The van der Waals surface area contributed by atoms with E-state index in [1.54, 1.807) is 6.08 Å². The van der Waals surface area contributed by atoms with Gasteiger partial charge in [-0.25, -0.2) is 0 Å². The van der Waals surface area contributed by atoms with E-state index in [1.165, 1.54) is 32.1 Å². The summed E-state index contributed by atoms with van der Waals surface area (Å²) in [5.74, 6) is 1.97. The minimum atomic E-state index is 0.466. The molecule has 0 aromatic heterocycles. The molecule has 2 fully saturated rings. The Morgan fingerprint density at radius 3 is 1.74 bits per heavy atom. The molecule has 0 heterocycles. The molecule has 0 aliphatic heterocycles. The van der Waals surface area contributed by atoms with Crippen LogP contribution in [0.4, 0.5) is 0 Å². The van der Waals surface area contributed by atoms with Gasteiger partial charge in [0.1, 0.15) is 0 Å². The fourth-order valence-electron chi connectivity index (χ4n) is 4.88. The molecule has 0 nitrogen and oxygen atoms in total. The van der Waals surface area contributed by atoms with E-state index in [4.69, 9.17) is 0 Å². The SMILES string of the molecule is C=CC.CC.CC.CC1CC2CC(C)(C1)CC(C)(C(C)(C)C)C2. The van der Waals surface area contributed by atoms with Crippen LogP contribution in [0.3, 0.4) is 0 Å². The van der Waals surface area contributed by atoms with Crippen molar-refractivity contribution in [2.45, 2.75) is 108 Å². The van der Waals surface area contributed by atoms with Crippen molar-refractivity contribution in [2.75, 3.05) is 0 Å². The molecule has 0 spiro atoms. The Morgan fingerprint density at radius 2 is 1.39 bits per heavy atom. The van der Waals surface area contributed by atoms with Crippen molar-refractivity contribution in [3.8, 4) is 0 Å². The predicted octanol–water partition coefficient (Wildman–Crippen LogP) is 8.52. The van der Waals surface area contributed by atoms with Crippen LogP contribution >= 0.6 is 0 Å². The van der Waals surface area contributed by atoms with Gasteiger partial charge in [-0.3, -0.25) is 0 Å². The molecule has 4 unspecified atom stereocenters. The minimum Gasteiger partial charge on any atom is -0.103 e. The fourth-order valence-corrected chi connectivity index (χ4v) is 4.88. The summed E-state index contributed by atoms with van der Waals surface area (Å²) in [6.07, 6.45) is 9.13. The van der Waals surface area contributed by atoms with Gasteiger partial charge in [0, 0.05) is 0 Å². The Kier molecular flexibility index (Phi) is 11.5. The van der Waals surface area contributed by atoms with Gasteiger partial charge in [0.2, 0.25) is 0 Å². The van der Waals surface area contributed by atoms with E-state index >= 15 is 0 Å². The molecule has 2 aliphatic carbocycles. The van der Waals surface area contributed by atoms with Crippen LogP contribution in [-0.4, -0.2) is 0 Å². The summed E-state index contributed by atoms with van der Waals surface area (Å²) in [4.78, 5) is 0. The van der Waals surface area contributed by atoms with E-state index in [2.05, 4.69) is 48.1 Å². The Bertz CT molecular complexity index is 304. The summed E-state index contributed by atoms with van der Waals surface area (Å²) in [7, 11) is 0. The second-order valence-corrected chi connectivity index (χ2v) is 9.03. The lowest BCUT2D eigenvalue weighted by Crippen LogP contribution is -2.47. The standard InChI is InChI=1S/C16H30.C3H6.2C2H6/c1-12-7-13-9-15(5,8-12)11-16(6,10-13)14(2,3)4;1-3-2;2*1-2/h12-13H,7-11H2,1-6H3;3H,1H2,2H3;2*1-2H3. The normalized spacial score (nSPS) is 35.3. The van der Waals surface area contributed by atoms with Gasteiger partial charge < -0.3 is 0 Å². The number of fused-ring (bicyclic) bond motifs is 2. The van der Waals surface area contributed by atoms with Crippen molar-refractivity contribution < 1.29 is 0 Å². The highest BCUT2D eigenvalue weighted by molar-refractivity contribution is 5.01. The largest absolute Gasteiger partial charge is 0.103 e. The van der Waals surface area contributed by atoms with Crippen molar-refractivity contribution in [2.24, 2.45) is 28.1 Å². The van der Waals surface area contributed by atoms with Gasteiger partial charge >= 0.3 is 0 Å². The second-order valence-electron chi connectivity index (χ2n) is 9.03. The molecule has 0 heteroatoms. The first-order chi connectivity index (χ1) is 10.6. The summed E-state index contributed by atoms with van der Waals surface area (Å²) in [5, 5.41) is 0. The van der Waals surface area contributed by atoms with Gasteiger partial charge in [0.25, 0.3) is 0 Å². The van der Waals surface area contributed by atoms with Crippen LogP contribution in [0.2, 0.25) is 0 Å². The topological polar surface area (TPSA) is 0 Å². The minimum absolute atomic E-state index is 0.466. The third-order valence-corrected chi connectivity index (χ3v) is 5.73. The van der Waals surface area contributed by atoms with E-state index in [0.29, 0.717) is 16.2 Å². The van der Waals surface area contributed by atoms with Crippen molar-refractivity contribution in [1.29, 1.82) is 0 Å². The van der Waals surface area contributed by atoms with Crippen molar-refractivity contribution >= 4 is 0 Å². The maximum Gasteiger partial charge on any atom is -0.0269 e. The Labute approximate surface area is 149 Å². The summed E-state index contributed by atoms with van der Waals surface area (Å²) in [5.41, 5.74) is 1.67. The van der Waals surface area contributed by atoms with Crippen LogP contribution in [0.25, 0.3) is 0 Å². The third kappa shape index (κ3) is 7.44. The Morgan fingerprint density at radius 1 is 0.957 bits per heavy atom. The maximum atomic E-state index is 3.36. The van der Waals surface area contributed by atoms with Crippen LogP contribution in [0.5, 0.6) is 0 Å². The van der Waals surface area contributed by atoms with Crippen LogP contribution in [0, 0.1) is 28.1 Å². The summed E-state index contributed by atoms with van der Waals surface area (Å²) < 4.78 is 0. The van der Waals surface area contributed by atoms with Gasteiger partial charge in [-0.1, -0.05) is 75.3 Å². The molecule has 0 N–H and O–H groups in total. The molecule has 2 aliphatic rings. The lowest BCUT2D eigenvalue weighted by Gasteiger charge is -2.57. The van der Waals surface area contributed by atoms with Crippen LogP contribution in [0.15, 0.2) is 12.7 Å². The maximum absolute atomic E-state index is 3.36. The van der Waals surface area contributed by atoms with E-state index in [9.17, 15) is 0 Å². The molecule has 0 radical (unpaired) electrons. The van der Waals surface area contributed by atoms with E-state index in [-0.39, 0.29) is 0 Å². The van der Waals surface area contributed by atoms with E-state index in [1.807, 2.05) is 34.6 Å². The first-order valence-electron chi connectivity index (χ1n) is 10.1. The molecule has 4 atom stereocenters. The molecule has 0 saturated heterocycles. The zero-order valence-electron chi connectivity index (χ0n) is 18.5. The lowest BCUT2D eigenvalue weighted by molar-refractivity contribution is -0.0704. The smallest absolute Gasteiger partial charge is 0.0269 e. The molecule has 2 rings (SSSR count).